The lowest BCUT2D eigenvalue weighted by Crippen LogP contribution is -2.32. The lowest BCUT2D eigenvalue weighted by atomic mass is 10.1. The van der Waals surface area contributed by atoms with Gasteiger partial charge in [0, 0.05) is 5.56 Å². The molecule has 0 saturated carbocycles. The highest BCUT2D eigenvalue weighted by molar-refractivity contribution is 5.94. The van der Waals surface area contributed by atoms with Crippen LogP contribution in [0.15, 0.2) is 24.3 Å². The molecule has 1 heterocycles. The van der Waals surface area contributed by atoms with E-state index < -0.39 is 5.91 Å². The van der Waals surface area contributed by atoms with Crippen molar-refractivity contribution >= 4 is 5.91 Å². The van der Waals surface area contributed by atoms with Gasteiger partial charge >= 0.3 is 0 Å². The van der Waals surface area contributed by atoms with Gasteiger partial charge in [-0.1, -0.05) is 18.2 Å². The number of rotatable bonds is 4. The molecular weight excluding hydrogens is 216 g/mol. The first kappa shape index (κ1) is 12.1. The molecule has 0 aliphatic carbocycles. The predicted octanol–water partition coefficient (Wildman–Crippen LogP) is 1.05. The number of nitrogens with one attached hydrogen (secondary N) is 1. The van der Waals surface area contributed by atoms with Crippen molar-refractivity contribution in [3.05, 3.63) is 35.4 Å². The van der Waals surface area contributed by atoms with E-state index in [0.717, 1.165) is 31.5 Å². The quantitative estimate of drug-likeness (QED) is 0.818. The van der Waals surface area contributed by atoms with Crippen LogP contribution in [0.1, 0.15) is 28.8 Å². The summed E-state index contributed by atoms with van der Waals surface area (Å²) in [6, 6.07) is 7.34. The van der Waals surface area contributed by atoms with Gasteiger partial charge in [-0.05, 0) is 37.6 Å². The van der Waals surface area contributed by atoms with Crippen LogP contribution in [0.2, 0.25) is 0 Å². The summed E-state index contributed by atoms with van der Waals surface area (Å²) in [5, 5.41) is 3.29. The molecule has 4 nitrogen and oxygen atoms in total. The first-order chi connectivity index (χ1) is 8.27. The molecule has 17 heavy (non-hydrogen) atoms. The molecular formula is C13H18N2O2. The molecule has 2 rings (SSSR count). The third kappa shape index (κ3) is 3.28. The van der Waals surface area contributed by atoms with Gasteiger partial charge in [-0.25, -0.2) is 0 Å². The minimum Gasteiger partial charge on any atom is -0.373 e. The number of amides is 1. The average Bonchev–Trinajstić information content (AvgIpc) is 2.38. The van der Waals surface area contributed by atoms with Crippen LogP contribution in [0.25, 0.3) is 0 Å². The highest BCUT2D eigenvalue weighted by atomic mass is 16.5. The predicted molar refractivity (Wildman–Crippen MR) is 65.6 cm³/mol. The highest BCUT2D eigenvalue weighted by Crippen LogP contribution is 2.14. The Morgan fingerprint density at radius 3 is 2.76 bits per heavy atom. The second-order valence-electron chi connectivity index (χ2n) is 4.28. The van der Waals surface area contributed by atoms with Crippen molar-refractivity contribution in [2.45, 2.75) is 25.6 Å². The molecule has 0 unspecified atom stereocenters. The lowest BCUT2D eigenvalue weighted by Gasteiger charge is -2.23. The summed E-state index contributed by atoms with van der Waals surface area (Å²) < 4.78 is 5.81. The molecule has 1 saturated heterocycles. The number of carbonyl (C=O) groups excluding carboxylic acids is 1. The van der Waals surface area contributed by atoms with E-state index in [0.29, 0.717) is 12.2 Å². The Hall–Kier alpha value is -1.39. The van der Waals surface area contributed by atoms with Gasteiger partial charge in [-0.3, -0.25) is 4.79 Å². The molecule has 92 valence electrons. The molecule has 0 spiro atoms. The topological polar surface area (TPSA) is 64.4 Å². The van der Waals surface area contributed by atoms with Crippen LogP contribution in [-0.4, -0.2) is 25.1 Å². The largest absolute Gasteiger partial charge is 0.373 e. The molecule has 4 heteroatoms. The first-order valence-corrected chi connectivity index (χ1v) is 5.97. The molecule has 1 fully saturated rings. The van der Waals surface area contributed by atoms with E-state index in [1.54, 1.807) is 6.07 Å². The summed E-state index contributed by atoms with van der Waals surface area (Å²) in [6.45, 7) is 2.47. The van der Waals surface area contributed by atoms with E-state index in [4.69, 9.17) is 10.5 Å². The molecule has 0 atom stereocenters. The maximum atomic E-state index is 11.2. The summed E-state index contributed by atoms with van der Waals surface area (Å²) in [7, 11) is 0. The van der Waals surface area contributed by atoms with E-state index in [9.17, 15) is 4.79 Å². The molecule has 0 bridgehead atoms. The average molecular weight is 234 g/mol. The van der Waals surface area contributed by atoms with E-state index >= 15 is 0 Å². The van der Waals surface area contributed by atoms with Crippen molar-refractivity contribution in [1.82, 2.24) is 5.32 Å². The van der Waals surface area contributed by atoms with Crippen LogP contribution >= 0.6 is 0 Å². The number of primary amides is 1. The Morgan fingerprint density at radius 1 is 1.35 bits per heavy atom. The highest BCUT2D eigenvalue weighted by Gasteiger charge is 2.14. The number of nitrogens with two attached hydrogens (primary N) is 1. The van der Waals surface area contributed by atoms with Crippen LogP contribution in [0.4, 0.5) is 0 Å². The number of benzene rings is 1. The van der Waals surface area contributed by atoms with Crippen molar-refractivity contribution in [1.29, 1.82) is 0 Å². The molecule has 0 radical (unpaired) electrons. The third-order valence-corrected chi connectivity index (χ3v) is 3.04. The summed E-state index contributed by atoms with van der Waals surface area (Å²) in [5.41, 5.74) is 6.75. The van der Waals surface area contributed by atoms with Gasteiger partial charge in [0.15, 0.2) is 0 Å². The van der Waals surface area contributed by atoms with Gasteiger partial charge in [0.25, 0.3) is 0 Å². The van der Waals surface area contributed by atoms with Gasteiger partial charge in [0.05, 0.1) is 12.7 Å². The van der Waals surface area contributed by atoms with Gasteiger partial charge in [-0.2, -0.15) is 0 Å². The number of piperidine rings is 1. The van der Waals surface area contributed by atoms with Crippen LogP contribution < -0.4 is 11.1 Å². The van der Waals surface area contributed by atoms with Crippen molar-refractivity contribution in [2.24, 2.45) is 5.73 Å². The number of carbonyl (C=O) groups is 1. The summed E-state index contributed by atoms with van der Waals surface area (Å²) in [5.74, 6) is -0.394. The van der Waals surface area contributed by atoms with E-state index in [2.05, 4.69) is 5.32 Å². The normalized spacial score (nSPS) is 16.9. The lowest BCUT2D eigenvalue weighted by molar-refractivity contribution is 0.0209. The molecule has 1 aliphatic rings. The van der Waals surface area contributed by atoms with Crippen molar-refractivity contribution in [3.63, 3.8) is 0 Å². The molecule has 1 aliphatic heterocycles. The maximum absolute atomic E-state index is 11.2. The Morgan fingerprint density at radius 2 is 2.06 bits per heavy atom. The van der Waals surface area contributed by atoms with E-state index in [1.807, 2.05) is 18.2 Å². The Labute approximate surface area is 101 Å². The van der Waals surface area contributed by atoms with Crippen molar-refractivity contribution in [3.8, 4) is 0 Å². The van der Waals surface area contributed by atoms with E-state index in [1.165, 1.54) is 0 Å². The fourth-order valence-electron chi connectivity index (χ4n) is 2.06. The second kappa shape index (κ2) is 5.80. The Bertz CT molecular complexity index is 387. The minimum absolute atomic E-state index is 0.289. The summed E-state index contributed by atoms with van der Waals surface area (Å²) in [6.07, 6.45) is 2.34. The molecule has 1 aromatic rings. The Kier molecular flexibility index (Phi) is 4.12. The van der Waals surface area contributed by atoms with Crippen LogP contribution in [0, 0.1) is 0 Å². The fraction of sp³-hybridized carbons (Fsp3) is 0.462. The molecule has 3 N–H and O–H groups in total. The van der Waals surface area contributed by atoms with E-state index in [-0.39, 0.29) is 6.10 Å². The number of hydrogen-bond donors (Lipinski definition) is 2. The molecule has 1 aromatic carbocycles. The van der Waals surface area contributed by atoms with Gasteiger partial charge in [-0.15, -0.1) is 0 Å². The fourth-order valence-corrected chi connectivity index (χ4v) is 2.06. The molecule has 0 aromatic heterocycles. The van der Waals surface area contributed by atoms with Gasteiger partial charge in [0.1, 0.15) is 0 Å². The van der Waals surface area contributed by atoms with Crippen LogP contribution in [0.3, 0.4) is 0 Å². The van der Waals surface area contributed by atoms with Crippen LogP contribution in [0.5, 0.6) is 0 Å². The van der Waals surface area contributed by atoms with Crippen molar-refractivity contribution < 1.29 is 9.53 Å². The zero-order valence-corrected chi connectivity index (χ0v) is 9.82. The second-order valence-corrected chi connectivity index (χ2v) is 4.28. The Balaban J connectivity index is 1.96. The minimum atomic E-state index is -0.394. The van der Waals surface area contributed by atoms with Crippen molar-refractivity contribution in [2.75, 3.05) is 13.1 Å². The zero-order chi connectivity index (χ0) is 12.1. The zero-order valence-electron chi connectivity index (χ0n) is 9.82. The van der Waals surface area contributed by atoms with Crippen LogP contribution in [-0.2, 0) is 11.3 Å². The monoisotopic (exact) mass is 234 g/mol. The third-order valence-electron chi connectivity index (χ3n) is 3.04. The first-order valence-electron chi connectivity index (χ1n) is 5.97. The smallest absolute Gasteiger partial charge is 0.249 e. The standard InChI is InChI=1S/C13H18N2O2/c14-13(16)12-4-2-1-3-10(12)9-17-11-5-7-15-8-6-11/h1-4,11,15H,5-9H2,(H2,14,16). The maximum Gasteiger partial charge on any atom is 0.249 e. The summed E-state index contributed by atoms with van der Waals surface area (Å²) >= 11 is 0. The SMILES string of the molecule is NC(=O)c1ccccc1COC1CCNCC1. The van der Waals surface area contributed by atoms with Gasteiger partial charge < -0.3 is 15.8 Å². The number of hydrogen-bond acceptors (Lipinski definition) is 3. The van der Waals surface area contributed by atoms with Gasteiger partial charge in [0.2, 0.25) is 5.91 Å². The molecule has 1 amide bonds. The summed E-state index contributed by atoms with van der Waals surface area (Å²) in [4.78, 5) is 11.2. The number of ether oxygens (including phenoxy) is 1.